The van der Waals surface area contributed by atoms with Crippen LogP contribution >= 0.6 is 0 Å². The summed E-state index contributed by atoms with van der Waals surface area (Å²) in [4.78, 5) is 19.2. The molecule has 8 heteroatoms. The molecular formula is C23H23N5O3. The fourth-order valence-corrected chi connectivity index (χ4v) is 3.27. The number of nitrogens with zero attached hydrogens (tertiary/aromatic N) is 5. The number of rotatable bonds is 7. The molecule has 3 aromatic heterocycles. The Morgan fingerprint density at radius 1 is 1.13 bits per heavy atom. The van der Waals surface area contributed by atoms with Gasteiger partial charge in [0.25, 0.3) is 5.91 Å². The molecule has 0 unspecified atom stereocenters. The van der Waals surface area contributed by atoms with Crippen LogP contribution in [0, 0.1) is 6.92 Å². The number of benzene rings is 1. The first kappa shape index (κ1) is 20.3. The van der Waals surface area contributed by atoms with E-state index in [2.05, 4.69) is 15.2 Å². The van der Waals surface area contributed by atoms with E-state index in [0.29, 0.717) is 18.8 Å². The van der Waals surface area contributed by atoms with Crippen molar-refractivity contribution in [3.05, 3.63) is 83.6 Å². The third-order valence-corrected chi connectivity index (χ3v) is 5.15. The highest BCUT2D eigenvalue weighted by atomic mass is 16.5. The molecule has 0 aliphatic heterocycles. The molecule has 0 saturated heterocycles. The Morgan fingerprint density at radius 3 is 2.55 bits per heavy atom. The smallest absolute Gasteiger partial charge is 0.276 e. The number of methoxy groups -OCH3 is 1. The van der Waals surface area contributed by atoms with Gasteiger partial charge in [-0.15, -0.1) is 0 Å². The molecule has 158 valence electrons. The van der Waals surface area contributed by atoms with Crippen molar-refractivity contribution in [3.8, 4) is 17.1 Å². The van der Waals surface area contributed by atoms with E-state index in [-0.39, 0.29) is 11.6 Å². The first-order chi connectivity index (χ1) is 15.0. The molecule has 0 aliphatic rings. The van der Waals surface area contributed by atoms with Gasteiger partial charge in [-0.1, -0.05) is 23.4 Å². The van der Waals surface area contributed by atoms with E-state index in [1.807, 2.05) is 50.4 Å². The van der Waals surface area contributed by atoms with Crippen LogP contribution in [0.2, 0.25) is 0 Å². The number of carbonyl (C=O) groups excluding carboxylic acids is 1. The monoisotopic (exact) mass is 417 g/mol. The van der Waals surface area contributed by atoms with Gasteiger partial charge in [-0.05, 0) is 36.2 Å². The molecule has 0 spiro atoms. The number of ether oxygens (including phenoxy) is 1. The number of amides is 1. The van der Waals surface area contributed by atoms with Crippen molar-refractivity contribution in [2.45, 2.75) is 20.0 Å². The summed E-state index contributed by atoms with van der Waals surface area (Å²) in [5.74, 6) is 1.05. The van der Waals surface area contributed by atoms with Crippen molar-refractivity contribution in [1.29, 1.82) is 0 Å². The lowest BCUT2D eigenvalue weighted by molar-refractivity contribution is 0.0719. The quantitative estimate of drug-likeness (QED) is 0.456. The standard InChI is InChI=1S/C23H23N5O3/c1-16-20(13-25-27(16)2)22-11-21(26-31-22)23(29)28(15-18-5-4-10-24-12-18)14-17-6-8-19(30-3)9-7-17/h4-13H,14-15H2,1-3H3. The first-order valence-electron chi connectivity index (χ1n) is 9.82. The summed E-state index contributed by atoms with van der Waals surface area (Å²) in [5, 5.41) is 8.26. The summed E-state index contributed by atoms with van der Waals surface area (Å²) in [6.07, 6.45) is 5.16. The molecule has 8 nitrogen and oxygen atoms in total. The topological polar surface area (TPSA) is 86.3 Å². The van der Waals surface area contributed by atoms with Gasteiger partial charge in [0, 0.05) is 44.3 Å². The van der Waals surface area contributed by atoms with Gasteiger partial charge in [0.2, 0.25) is 0 Å². The van der Waals surface area contributed by atoms with Gasteiger partial charge >= 0.3 is 0 Å². The van der Waals surface area contributed by atoms with Crippen LogP contribution in [0.4, 0.5) is 0 Å². The fourth-order valence-electron chi connectivity index (χ4n) is 3.27. The highest BCUT2D eigenvalue weighted by Gasteiger charge is 2.22. The van der Waals surface area contributed by atoms with E-state index in [4.69, 9.17) is 9.26 Å². The van der Waals surface area contributed by atoms with Gasteiger partial charge < -0.3 is 14.2 Å². The molecule has 0 radical (unpaired) electrons. The maximum Gasteiger partial charge on any atom is 0.276 e. The molecule has 0 N–H and O–H groups in total. The average Bonchev–Trinajstić information content (AvgIpc) is 3.41. The third-order valence-electron chi connectivity index (χ3n) is 5.15. The van der Waals surface area contributed by atoms with Crippen molar-refractivity contribution in [3.63, 3.8) is 0 Å². The zero-order chi connectivity index (χ0) is 21.8. The van der Waals surface area contributed by atoms with Crippen molar-refractivity contribution in [2.75, 3.05) is 7.11 Å². The maximum atomic E-state index is 13.3. The molecule has 3 heterocycles. The van der Waals surface area contributed by atoms with Crippen LogP contribution in [-0.2, 0) is 20.1 Å². The zero-order valence-corrected chi connectivity index (χ0v) is 17.6. The molecule has 0 atom stereocenters. The van der Waals surface area contributed by atoms with Gasteiger partial charge in [0.15, 0.2) is 11.5 Å². The predicted octanol–water partition coefficient (Wildman–Crippen LogP) is 3.63. The number of pyridine rings is 1. The normalized spacial score (nSPS) is 10.8. The zero-order valence-electron chi connectivity index (χ0n) is 17.6. The Morgan fingerprint density at radius 2 is 1.90 bits per heavy atom. The van der Waals surface area contributed by atoms with E-state index in [9.17, 15) is 4.79 Å². The summed E-state index contributed by atoms with van der Waals surface area (Å²) in [7, 11) is 3.48. The van der Waals surface area contributed by atoms with Crippen LogP contribution < -0.4 is 4.74 Å². The van der Waals surface area contributed by atoms with Gasteiger partial charge in [0.1, 0.15) is 5.75 Å². The van der Waals surface area contributed by atoms with Crippen molar-refractivity contribution in [1.82, 2.24) is 24.8 Å². The fraction of sp³-hybridized carbons (Fsp3) is 0.217. The molecule has 0 bridgehead atoms. The molecule has 0 fully saturated rings. The number of aromatic nitrogens is 4. The summed E-state index contributed by atoms with van der Waals surface area (Å²) < 4.78 is 12.4. The van der Waals surface area contributed by atoms with Crippen LogP contribution in [-0.4, -0.2) is 37.8 Å². The number of hydrogen-bond donors (Lipinski definition) is 0. The van der Waals surface area contributed by atoms with E-state index >= 15 is 0 Å². The van der Waals surface area contributed by atoms with Crippen molar-refractivity contribution in [2.24, 2.45) is 7.05 Å². The third kappa shape index (κ3) is 4.48. The van der Waals surface area contributed by atoms with Crippen LogP contribution in [0.5, 0.6) is 5.75 Å². The van der Waals surface area contributed by atoms with Crippen LogP contribution in [0.15, 0.2) is 65.6 Å². The summed E-state index contributed by atoms with van der Waals surface area (Å²) in [6.45, 7) is 2.74. The Bertz CT molecular complexity index is 1170. The minimum atomic E-state index is -0.226. The van der Waals surface area contributed by atoms with E-state index in [1.165, 1.54) is 0 Å². The minimum Gasteiger partial charge on any atom is -0.497 e. The number of carbonyl (C=O) groups is 1. The second-order valence-electron chi connectivity index (χ2n) is 7.21. The molecule has 4 aromatic rings. The molecule has 0 saturated carbocycles. The number of aryl methyl sites for hydroxylation is 1. The summed E-state index contributed by atoms with van der Waals surface area (Å²) >= 11 is 0. The van der Waals surface area contributed by atoms with Gasteiger partial charge in [0.05, 0.1) is 18.9 Å². The van der Waals surface area contributed by atoms with Crippen LogP contribution in [0.1, 0.15) is 27.3 Å². The van der Waals surface area contributed by atoms with E-state index < -0.39 is 0 Å². The second-order valence-corrected chi connectivity index (χ2v) is 7.21. The first-order valence-corrected chi connectivity index (χ1v) is 9.82. The average molecular weight is 417 g/mol. The molecule has 4 rings (SSSR count). The Labute approximate surface area is 180 Å². The lowest BCUT2D eigenvalue weighted by atomic mass is 10.1. The Hall–Kier alpha value is -3.94. The SMILES string of the molecule is COc1ccc(CN(Cc2cccnc2)C(=O)c2cc(-c3cnn(C)c3C)on2)cc1. The molecule has 0 aliphatic carbocycles. The lowest BCUT2D eigenvalue weighted by Crippen LogP contribution is -2.30. The second kappa shape index (κ2) is 8.83. The molecular weight excluding hydrogens is 394 g/mol. The maximum absolute atomic E-state index is 13.3. The lowest BCUT2D eigenvalue weighted by Gasteiger charge is -2.22. The predicted molar refractivity (Wildman–Crippen MR) is 114 cm³/mol. The molecule has 31 heavy (non-hydrogen) atoms. The number of hydrogen-bond acceptors (Lipinski definition) is 6. The van der Waals surface area contributed by atoms with E-state index in [1.54, 1.807) is 41.3 Å². The van der Waals surface area contributed by atoms with Crippen molar-refractivity contribution < 1.29 is 14.1 Å². The Kier molecular flexibility index (Phi) is 5.79. The highest BCUT2D eigenvalue weighted by Crippen LogP contribution is 2.24. The highest BCUT2D eigenvalue weighted by molar-refractivity contribution is 5.93. The summed E-state index contributed by atoms with van der Waals surface area (Å²) in [5.41, 5.74) is 3.89. The minimum absolute atomic E-state index is 0.226. The largest absolute Gasteiger partial charge is 0.497 e. The van der Waals surface area contributed by atoms with Gasteiger partial charge in [-0.2, -0.15) is 5.10 Å². The van der Waals surface area contributed by atoms with Crippen molar-refractivity contribution >= 4 is 5.91 Å². The molecule has 1 amide bonds. The Balaban J connectivity index is 1.60. The molecule has 1 aromatic carbocycles. The van der Waals surface area contributed by atoms with Crippen LogP contribution in [0.3, 0.4) is 0 Å². The van der Waals surface area contributed by atoms with E-state index in [0.717, 1.165) is 28.1 Å². The van der Waals surface area contributed by atoms with Gasteiger partial charge in [-0.25, -0.2) is 0 Å². The van der Waals surface area contributed by atoms with Crippen LogP contribution in [0.25, 0.3) is 11.3 Å². The summed E-state index contributed by atoms with van der Waals surface area (Å²) in [6, 6.07) is 13.1. The van der Waals surface area contributed by atoms with Gasteiger partial charge in [-0.3, -0.25) is 14.5 Å².